The number of hydrogen-bond donors (Lipinski definition) is 2. The highest BCUT2D eigenvalue weighted by Gasteiger charge is 2.13. The zero-order chi connectivity index (χ0) is 13.7. The Kier molecular flexibility index (Phi) is 2.06. The summed E-state index contributed by atoms with van der Waals surface area (Å²) in [6.45, 7) is 0. The number of nitrogens with two attached hydrogens (primary N) is 1. The summed E-state index contributed by atoms with van der Waals surface area (Å²) < 4.78 is 15.0. The van der Waals surface area contributed by atoms with Gasteiger partial charge in [-0.25, -0.2) is 19.0 Å². The van der Waals surface area contributed by atoms with Crippen molar-refractivity contribution in [1.82, 2.24) is 24.7 Å². The predicted molar refractivity (Wildman–Crippen MR) is 72.9 cm³/mol. The van der Waals surface area contributed by atoms with E-state index in [0.29, 0.717) is 22.5 Å². The van der Waals surface area contributed by atoms with Crippen molar-refractivity contribution in [2.75, 3.05) is 5.73 Å². The van der Waals surface area contributed by atoms with Crippen molar-refractivity contribution < 1.29 is 4.39 Å². The van der Waals surface area contributed by atoms with E-state index in [9.17, 15) is 4.39 Å². The summed E-state index contributed by atoms with van der Waals surface area (Å²) in [5, 5.41) is 5.66. The van der Waals surface area contributed by atoms with E-state index in [1.807, 2.05) is 0 Å². The number of aromatic amines is 1. The number of H-pyrrole nitrogens is 1. The molecule has 0 fully saturated rings. The van der Waals surface area contributed by atoms with Crippen LogP contribution in [0.15, 0.2) is 36.9 Å². The van der Waals surface area contributed by atoms with E-state index in [0.717, 1.165) is 10.9 Å². The summed E-state index contributed by atoms with van der Waals surface area (Å²) in [6.07, 6.45) is 4.74. The van der Waals surface area contributed by atoms with E-state index in [4.69, 9.17) is 5.73 Å². The Morgan fingerprint density at radius 1 is 1.20 bits per heavy atom. The Hall–Kier alpha value is -2.96. The maximum atomic E-state index is 13.4. The van der Waals surface area contributed by atoms with Crippen LogP contribution in [0.4, 0.5) is 10.2 Å². The number of benzene rings is 1. The Morgan fingerprint density at radius 2 is 2.10 bits per heavy atom. The second-order valence-corrected chi connectivity index (χ2v) is 4.42. The minimum Gasteiger partial charge on any atom is -0.383 e. The van der Waals surface area contributed by atoms with Crippen molar-refractivity contribution in [1.29, 1.82) is 0 Å². The number of nitrogen functional groups attached to an aromatic ring is 1. The van der Waals surface area contributed by atoms with Crippen LogP contribution in [-0.4, -0.2) is 24.7 Å². The van der Waals surface area contributed by atoms with Gasteiger partial charge in [-0.2, -0.15) is 5.10 Å². The van der Waals surface area contributed by atoms with Crippen LogP contribution in [0, 0.1) is 5.82 Å². The minimum absolute atomic E-state index is 0.302. The van der Waals surface area contributed by atoms with Gasteiger partial charge in [0.2, 0.25) is 0 Å². The smallest absolute Gasteiger partial charge is 0.168 e. The van der Waals surface area contributed by atoms with Gasteiger partial charge in [-0.3, -0.25) is 0 Å². The normalized spacial score (nSPS) is 11.4. The quantitative estimate of drug-likeness (QED) is 0.553. The molecule has 98 valence electrons. The third-order valence-electron chi connectivity index (χ3n) is 3.25. The lowest BCUT2D eigenvalue weighted by molar-refractivity contribution is 0.629. The van der Waals surface area contributed by atoms with Crippen molar-refractivity contribution in [2.45, 2.75) is 0 Å². The standard InChI is InChI=1S/C13H9FN6/c14-7-1-2-10-8(3-7)11(5-16-10)20-13-9(4-19-20)12(15)17-6-18-13/h1-6,16H,(H2,15,17,18). The fourth-order valence-electron chi connectivity index (χ4n) is 2.29. The van der Waals surface area contributed by atoms with Gasteiger partial charge in [-0.1, -0.05) is 0 Å². The highest BCUT2D eigenvalue weighted by Crippen LogP contribution is 2.26. The molecule has 0 aliphatic rings. The number of anilines is 1. The Morgan fingerprint density at radius 3 is 3.00 bits per heavy atom. The van der Waals surface area contributed by atoms with E-state index in [1.165, 1.54) is 18.5 Å². The van der Waals surface area contributed by atoms with Gasteiger partial charge in [0.05, 0.1) is 17.3 Å². The Labute approximate surface area is 112 Å². The molecule has 4 rings (SSSR count). The molecule has 6 nitrogen and oxygen atoms in total. The Bertz CT molecular complexity index is 935. The van der Waals surface area contributed by atoms with Crippen LogP contribution in [0.3, 0.4) is 0 Å². The second-order valence-electron chi connectivity index (χ2n) is 4.42. The zero-order valence-electron chi connectivity index (χ0n) is 10.2. The summed E-state index contributed by atoms with van der Waals surface area (Å²) in [7, 11) is 0. The van der Waals surface area contributed by atoms with Gasteiger partial charge in [0, 0.05) is 17.1 Å². The lowest BCUT2D eigenvalue weighted by atomic mass is 10.2. The maximum Gasteiger partial charge on any atom is 0.168 e. The lowest BCUT2D eigenvalue weighted by Gasteiger charge is -2.01. The molecule has 0 atom stereocenters. The van der Waals surface area contributed by atoms with Gasteiger partial charge in [0.1, 0.15) is 18.0 Å². The largest absolute Gasteiger partial charge is 0.383 e. The summed E-state index contributed by atoms with van der Waals surface area (Å²) in [5.41, 5.74) is 7.91. The maximum absolute atomic E-state index is 13.4. The lowest BCUT2D eigenvalue weighted by Crippen LogP contribution is -1.98. The number of halogens is 1. The summed E-state index contributed by atoms with van der Waals surface area (Å²) in [5.74, 6) is 0.0659. The molecule has 0 saturated heterocycles. The molecule has 0 aliphatic carbocycles. The molecule has 0 amide bonds. The molecule has 1 aromatic carbocycles. The fraction of sp³-hybridized carbons (Fsp3) is 0. The number of hydrogen-bond acceptors (Lipinski definition) is 4. The number of nitrogens with zero attached hydrogens (tertiary/aromatic N) is 4. The van der Waals surface area contributed by atoms with Crippen LogP contribution < -0.4 is 5.73 Å². The highest BCUT2D eigenvalue weighted by atomic mass is 19.1. The molecule has 3 heterocycles. The topological polar surface area (TPSA) is 85.4 Å². The van der Waals surface area contributed by atoms with Crippen LogP contribution in [0.25, 0.3) is 27.6 Å². The molecule has 3 aromatic heterocycles. The molecule has 0 aliphatic heterocycles. The van der Waals surface area contributed by atoms with Crippen molar-refractivity contribution in [3.05, 3.63) is 42.7 Å². The van der Waals surface area contributed by atoms with E-state index in [-0.39, 0.29) is 5.82 Å². The monoisotopic (exact) mass is 268 g/mol. The zero-order valence-corrected chi connectivity index (χ0v) is 10.2. The molecule has 0 unspecified atom stereocenters. The minimum atomic E-state index is -0.302. The number of fused-ring (bicyclic) bond motifs is 2. The van der Waals surface area contributed by atoms with Crippen molar-refractivity contribution in [2.24, 2.45) is 0 Å². The van der Waals surface area contributed by atoms with Gasteiger partial charge in [-0.05, 0) is 18.2 Å². The summed E-state index contributed by atoms with van der Waals surface area (Å²) in [4.78, 5) is 11.2. The highest BCUT2D eigenvalue weighted by molar-refractivity contribution is 5.92. The number of aromatic nitrogens is 5. The first-order valence-electron chi connectivity index (χ1n) is 5.95. The molecular formula is C13H9FN6. The number of nitrogens with one attached hydrogen (secondary N) is 1. The van der Waals surface area contributed by atoms with Gasteiger partial charge >= 0.3 is 0 Å². The fourth-order valence-corrected chi connectivity index (χ4v) is 2.29. The molecule has 20 heavy (non-hydrogen) atoms. The first-order chi connectivity index (χ1) is 9.74. The molecule has 0 bridgehead atoms. The SMILES string of the molecule is Nc1ncnc2c1cnn2-c1c[nH]c2ccc(F)cc12. The summed E-state index contributed by atoms with van der Waals surface area (Å²) >= 11 is 0. The Balaban J connectivity index is 2.06. The number of rotatable bonds is 1. The van der Waals surface area contributed by atoms with Crippen LogP contribution >= 0.6 is 0 Å². The molecule has 4 aromatic rings. The molecular weight excluding hydrogens is 259 g/mol. The van der Waals surface area contributed by atoms with E-state index in [2.05, 4.69) is 20.1 Å². The summed E-state index contributed by atoms with van der Waals surface area (Å²) in [6, 6.07) is 4.55. The van der Waals surface area contributed by atoms with Crippen molar-refractivity contribution >= 4 is 27.8 Å². The molecule has 0 radical (unpaired) electrons. The van der Waals surface area contributed by atoms with Gasteiger partial charge in [0.15, 0.2) is 5.65 Å². The van der Waals surface area contributed by atoms with Crippen LogP contribution in [0.1, 0.15) is 0 Å². The third-order valence-corrected chi connectivity index (χ3v) is 3.25. The van der Waals surface area contributed by atoms with Gasteiger partial charge < -0.3 is 10.7 Å². The van der Waals surface area contributed by atoms with Gasteiger partial charge in [0.25, 0.3) is 0 Å². The van der Waals surface area contributed by atoms with Crippen LogP contribution in [0.2, 0.25) is 0 Å². The first kappa shape index (κ1) is 10.9. The van der Waals surface area contributed by atoms with Crippen molar-refractivity contribution in [3.63, 3.8) is 0 Å². The molecule has 0 spiro atoms. The molecule has 0 saturated carbocycles. The average Bonchev–Trinajstić information content (AvgIpc) is 3.02. The predicted octanol–water partition coefficient (Wildman–Crippen LogP) is 2.02. The van der Waals surface area contributed by atoms with Gasteiger partial charge in [-0.15, -0.1) is 0 Å². The van der Waals surface area contributed by atoms with Crippen LogP contribution in [0.5, 0.6) is 0 Å². The van der Waals surface area contributed by atoms with E-state index in [1.54, 1.807) is 23.1 Å². The average molecular weight is 268 g/mol. The third kappa shape index (κ3) is 1.40. The van der Waals surface area contributed by atoms with Crippen molar-refractivity contribution in [3.8, 4) is 5.69 Å². The van der Waals surface area contributed by atoms with E-state index >= 15 is 0 Å². The first-order valence-corrected chi connectivity index (χ1v) is 5.95. The van der Waals surface area contributed by atoms with E-state index < -0.39 is 0 Å². The van der Waals surface area contributed by atoms with Crippen LogP contribution in [-0.2, 0) is 0 Å². The molecule has 3 N–H and O–H groups in total. The second kappa shape index (κ2) is 3.77. The molecule has 7 heteroatoms.